The third-order valence-electron chi connectivity index (χ3n) is 1.44. The van der Waals surface area contributed by atoms with E-state index in [2.05, 4.69) is 5.32 Å². The molecule has 0 rings (SSSR count). The summed E-state index contributed by atoms with van der Waals surface area (Å²) in [6, 6.07) is 0. The van der Waals surface area contributed by atoms with Crippen LogP contribution in [0.4, 0.5) is 4.79 Å². The maximum Gasteiger partial charge on any atom is 0.408 e. The summed E-state index contributed by atoms with van der Waals surface area (Å²) in [6.45, 7) is 4.77. The number of nitrogens with one attached hydrogen (secondary N) is 1. The summed E-state index contributed by atoms with van der Waals surface area (Å²) < 4.78 is 4.90. The molecule has 0 radical (unpaired) electrons. The first-order valence-electron chi connectivity index (χ1n) is 4.85. The molecule has 0 spiro atoms. The van der Waals surface area contributed by atoms with Crippen molar-refractivity contribution in [2.45, 2.75) is 26.4 Å². The SMILES string of the molecule is CN(C)C(=O)C(=O)CNC(=O)OC(C)(C)C. The first-order chi connectivity index (χ1) is 7.13. The molecule has 0 aromatic carbocycles. The molecule has 0 aromatic heterocycles. The van der Waals surface area contributed by atoms with Crippen LogP contribution in [0, 0.1) is 0 Å². The van der Waals surface area contributed by atoms with E-state index < -0.39 is 23.4 Å². The molecule has 0 aliphatic heterocycles. The number of rotatable bonds is 3. The third-order valence-corrected chi connectivity index (χ3v) is 1.44. The van der Waals surface area contributed by atoms with Gasteiger partial charge in [0, 0.05) is 14.1 Å². The van der Waals surface area contributed by atoms with Crippen molar-refractivity contribution in [2.75, 3.05) is 20.6 Å². The van der Waals surface area contributed by atoms with E-state index in [9.17, 15) is 14.4 Å². The van der Waals surface area contributed by atoms with Crippen LogP contribution < -0.4 is 5.32 Å². The fourth-order valence-electron chi connectivity index (χ4n) is 0.792. The topological polar surface area (TPSA) is 75.7 Å². The smallest absolute Gasteiger partial charge is 0.408 e. The van der Waals surface area contributed by atoms with Crippen LogP contribution in [0.3, 0.4) is 0 Å². The molecule has 0 aliphatic carbocycles. The maximum atomic E-state index is 11.2. The zero-order chi connectivity index (χ0) is 12.9. The molecule has 6 heteroatoms. The largest absolute Gasteiger partial charge is 0.444 e. The molecule has 92 valence electrons. The first kappa shape index (κ1) is 14.4. The summed E-state index contributed by atoms with van der Waals surface area (Å²) in [4.78, 5) is 34.6. The molecule has 0 bridgehead atoms. The number of carbonyl (C=O) groups excluding carboxylic acids is 3. The summed E-state index contributed by atoms with van der Waals surface area (Å²) in [5, 5.41) is 2.22. The number of alkyl carbamates (subject to hydrolysis) is 1. The number of hydrogen-bond donors (Lipinski definition) is 1. The number of likely N-dealkylation sites (N-methyl/N-ethyl adjacent to an activating group) is 1. The van der Waals surface area contributed by atoms with Crippen molar-refractivity contribution in [3.8, 4) is 0 Å². The molecule has 2 amide bonds. The number of nitrogens with zero attached hydrogens (tertiary/aromatic N) is 1. The van der Waals surface area contributed by atoms with Gasteiger partial charge in [-0.1, -0.05) is 0 Å². The predicted octanol–water partition coefficient (Wildman–Crippen LogP) is 0.168. The van der Waals surface area contributed by atoms with E-state index in [1.54, 1.807) is 20.8 Å². The summed E-state index contributed by atoms with van der Waals surface area (Å²) in [7, 11) is 2.93. The van der Waals surface area contributed by atoms with Crippen molar-refractivity contribution < 1.29 is 19.1 Å². The van der Waals surface area contributed by atoms with E-state index in [0.29, 0.717) is 0 Å². The van der Waals surface area contributed by atoms with Crippen molar-refractivity contribution >= 4 is 17.8 Å². The van der Waals surface area contributed by atoms with Gasteiger partial charge in [0.1, 0.15) is 5.60 Å². The van der Waals surface area contributed by atoms with Gasteiger partial charge in [-0.05, 0) is 20.8 Å². The van der Waals surface area contributed by atoms with Gasteiger partial charge >= 0.3 is 6.09 Å². The summed E-state index contributed by atoms with van der Waals surface area (Å²) in [6.07, 6.45) is -0.715. The van der Waals surface area contributed by atoms with E-state index in [0.717, 1.165) is 4.90 Å². The van der Waals surface area contributed by atoms with Crippen molar-refractivity contribution in [2.24, 2.45) is 0 Å². The normalized spacial score (nSPS) is 10.6. The van der Waals surface area contributed by atoms with Gasteiger partial charge in [-0.15, -0.1) is 0 Å². The van der Waals surface area contributed by atoms with Crippen LogP contribution in [0.5, 0.6) is 0 Å². The highest BCUT2D eigenvalue weighted by atomic mass is 16.6. The van der Waals surface area contributed by atoms with Crippen LogP contribution >= 0.6 is 0 Å². The minimum Gasteiger partial charge on any atom is -0.444 e. The molecule has 0 saturated heterocycles. The molecule has 6 nitrogen and oxygen atoms in total. The maximum absolute atomic E-state index is 11.2. The Kier molecular flexibility index (Phi) is 4.94. The number of hydrogen-bond acceptors (Lipinski definition) is 4. The number of carbonyl (C=O) groups is 3. The van der Waals surface area contributed by atoms with Crippen LogP contribution in [-0.2, 0) is 14.3 Å². The molecule has 0 heterocycles. The Bertz CT molecular complexity index is 292. The van der Waals surface area contributed by atoms with Crippen LogP contribution in [0.1, 0.15) is 20.8 Å². The highest BCUT2D eigenvalue weighted by Crippen LogP contribution is 2.06. The number of Topliss-reactive ketones (excluding diaryl/α,β-unsaturated/α-hetero) is 1. The second-order valence-corrected chi connectivity index (χ2v) is 4.48. The Hall–Kier alpha value is -1.59. The van der Waals surface area contributed by atoms with Gasteiger partial charge < -0.3 is 15.0 Å². The third kappa shape index (κ3) is 6.00. The highest BCUT2D eigenvalue weighted by Gasteiger charge is 2.19. The Balaban J connectivity index is 4.03. The predicted molar refractivity (Wildman–Crippen MR) is 57.9 cm³/mol. The standard InChI is InChI=1S/C10H18N2O4/c1-10(2,3)16-9(15)11-6-7(13)8(14)12(4)5/h6H2,1-5H3,(H,11,15). The fraction of sp³-hybridized carbons (Fsp3) is 0.700. The molecule has 0 unspecified atom stereocenters. The average molecular weight is 230 g/mol. The molecule has 0 aliphatic rings. The van der Waals surface area contributed by atoms with E-state index in [4.69, 9.17) is 4.74 Å². The lowest BCUT2D eigenvalue weighted by molar-refractivity contribution is -0.142. The second-order valence-electron chi connectivity index (χ2n) is 4.48. The van der Waals surface area contributed by atoms with Gasteiger partial charge in [0.05, 0.1) is 6.54 Å². The van der Waals surface area contributed by atoms with Crippen LogP contribution in [0.25, 0.3) is 0 Å². The Labute approximate surface area is 94.9 Å². The quantitative estimate of drug-likeness (QED) is 0.701. The molecule has 0 atom stereocenters. The zero-order valence-corrected chi connectivity index (χ0v) is 10.3. The summed E-state index contributed by atoms with van der Waals surface area (Å²) in [5.41, 5.74) is -0.626. The van der Waals surface area contributed by atoms with Gasteiger partial charge in [0.25, 0.3) is 5.91 Å². The summed E-state index contributed by atoms with van der Waals surface area (Å²) in [5.74, 6) is -1.34. The molecule has 0 fully saturated rings. The minimum atomic E-state index is -0.715. The lowest BCUT2D eigenvalue weighted by atomic mass is 10.2. The summed E-state index contributed by atoms with van der Waals surface area (Å²) >= 11 is 0. The van der Waals surface area contributed by atoms with Gasteiger partial charge in [0.2, 0.25) is 5.78 Å². The molecule has 16 heavy (non-hydrogen) atoms. The number of ketones is 1. The molecular weight excluding hydrogens is 212 g/mol. The van der Waals surface area contributed by atoms with Crippen LogP contribution in [-0.4, -0.2) is 48.9 Å². The fourth-order valence-corrected chi connectivity index (χ4v) is 0.792. The van der Waals surface area contributed by atoms with Gasteiger partial charge in [0.15, 0.2) is 0 Å². The van der Waals surface area contributed by atoms with E-state index >= 15 is 0 Å². The van der Waals surface area contributed by atoms with E-state index in [1.165, 1.54) is 14.1 Å². The van der Waals surface area contributed by atoms with Crippen molar-refractivity contribution in [1.82, 2.24) is 10.2 Å². The van der Waals surface area contributed by atoms with Crippen LogP contribution in [0.2, 0.25) is 0 Å². The van der Waals surface area contributed by atoms with Gasteiger partial charge in [-0.2, -0.15) is 0 Å². The number of ether oxygens (including phenoxy) is 1. The average Bonchev–Trinajstić information content (AvgIpc) is 2.09. The number of amides is 2. The van der Waals surface area contributed by atoms with Gasteiger partial charge in [-0.3, -0.25) is 9.59 Å². The zero-order valence-electron chi connectivity index (χ0n) is 10.3. The van der Waals surface area contributed by atoms with Crippen molar-refractivity contribution in [3.63, 3.8) is 0 Å². The molecule has 0 aromatic rings. The lowest BCUT2D eigenvalue weighted by Gasteiger charge is -2.19. The van der Waals surface area contributed by atoms with Crippen molar-refractivity contribution in [1.29, 1.82) is 0 Å². The Morgan fingerprint density at radius 3 is 2.06 bits per heavy atom. The first-order valence-corrected chi connectivity index (χ1v) is 4.85. The Morgan fingerprint density at radius 1 is 1.19 bits per heavy atom. The Morgan fingerprint density at radius 2 is 1.69 bits per heavy atom. The molecule has 1 N–H and O–H groups in total. The highest BCUT2D eigenvalue weighted by molar-refractivity contribution is 6.37. The van der Waals surface area contributed by atoms with Gasteiger partial charge in [-0.25, -0.2) is 4.79 Å². The molecule has 0 saturated carbocycles. The minimum absolute atomic E-state index is 0.355. The molecular formula is C10H18N2O4. The monoisotopic (exact) mass is 230 g/mol. The second kappa shape index (κ2) is 5.48. The van der Waals surface area contributed by atoms with Crippen LogP contribution in [0.15, 0.2) is 0 Å². The lowest BCUT2D eigenvalue weighted by Crippen LogP contribution is -2.40. The van der Waals surface area contributed by atoms with E-state index in [-0.39, 0.29) is 6.54 Å². The van der Waals surface area contributed by atoms with E-state index in [1.807, 2.05) is 0 Å². The van der Waals surface area contributed by atoms with Crippen molar-refractivity contribution in [3.05, 3.63) is 0 Å².